The highest BCUT2D eigenvalue weighted by Gasteiger charge is 2.48. The standard InChI is InChI=1S/C33H40N2O3/c1-24(34-32(36)26-14-8-5-9-15-26)33(2)23-35(21-25-12-6-4-7-13-25)22-29(33)27-18-19-30(37-3)31(20-27)38-28-16-10-11-17-28/h4-9,12-15,18-20,24,28-29H,10-11,16-17,21-23H2,1-3H3,(H,34,36)/t24?,29-,33+/m1/s1. The Morgan fingerprint density at radius 3 is 2.37 bits per heavy atom. The van der Waals surface area contributed by atoms with Crippen molar-refractivity contribution in [2.24, 2.45) is 5.41 Å². The molecule has 1 aliphatic carbocycles. The number of ether oxygens (including phenoxy) is 2. The highest BCUT2D eigenvalue weighted by atomic mass is 16.5. The van der Waals surface area contributed by atoms with Crippen LogP contribution in [-0.4, -0.2) is 43.2 Å². The Kier molecular flexibility index (Phi) is 8.04. The third-order valence-electron chi connectivity index (χ3n) is 8.61. The summed E-state index contributed by atoms with van der Waals surface area (Å²) >= 11 is 0. The zero-order chi connectivity index (χ0) is 26.5. The predicted octanol–water partition coefficient (Wildman–Crippen LogP) is 6.44. The minimum Gasteiger partial charge on any atom is -0.493 e. The quantitative estimate of drug-likeness (QED) is 0.358. The second-order valence-corrected chi connectivity index (χ2v) is 11.2. The van der Waals surface area contributed by atoms with Gasteiger partial charge in [0.25, 0.3) is 5.91 Å². The molecule has 1 saturated heterocycles. The lowest BCUT2D eigenvalue weighted by molar-refractivity contribution is 0.0889. The van der Waals surface area contributed by atoms with Gasteiger partial charge in [0.1, 0.15) is 0 Å². The number of rotatable bonds is 9. The van der Waals surface area contributed by atoms with E-state index in [1.54, 1.807) is 7.11 Å². The average molecular weight is 513 g/mol. The van der Waals surface area contributed by atoms with Gasteiger partial charge in [-0.15, -0.1) is 0 Å². The van der Waals surface area contributed by atoms with Gasteiger partial charge in [0.05, 0.1) is 13.2 Å². The van der Waals surface area contributed by atoms with Crippen molar-refractivity contribution in [1.82, 2.24) is 10.2 Å². The van der Waals surface area contributed by atoms with Gasteiger partial charge in [-0.2, -0.15) is 0 Å². The Hall–Kier alpha value is -3.31. The van der Waals surface area contributed by atoms with Crippen LogP contribution in [0, 0.1) is 5.41 Å². The van der Waals surface area contributed by atoms with Crippen LogP contribution >= 0.6 is 0 Å². The van der Waals surface area contributed by atoms with Crippen molar-refractivity contribution < 1.29 is 14.3 Å². The van der Waals surface area contributed by atoms with E-state index in [0.717, 1.165) is 44.0 Å². The summed E-state index contributed by atoms with van der Waals surface area (Å²) in [4.78, 5) is 15.7. The van der Waals surface area contributed by atoms with Crippen LogP contribution in [-0.2, 0) is 6.54 Å². The van der Waals surface area contributed by atoms with Gasteiger partial charge in [-0.3, -0.25) is 9.69 Å². The number of nitrogens with one attached hydrogen (secondary N) is 1. The first-order chi connectivity index (χ1) is 18.5. The van der Waals surface area contributed by atoms with E-state index in [4.69, 9.17) is 9.47 Å². The maximum atomic E-state index is 13.1. The Morgan fingerprint density at radius 2 is 1.68 bits per heavy atom. The fourth-order valence-corrected chi connectivity index (χ4v) is 6.23. The SMILES string of the molecule is COc1ccc([C@H]2CN(Cc3ccccc3)C[C@@]2(C)C(C)NC(=O)c2ccccc2)cc1OC1CCCC1. The van der Waals surface area contributed by atoms with Gasteiger partial charge in [0.2, 0.25) is 0 Å². The van der Waals surface area contributed by atoms with E-state index in [9.17, 15) is 4.79 Å². The molecule has 1 heterocycles. The summed E-state index contributed by atoms with van der Waals surface area (Å²) in [5.41, 5.74) is 3.04. The fraction of sp³-hybridized carbons (Fsp3) is 0.424. The van der Waals surface area contributed by atoms with E-state index in [-0.39, 0.29) is 29.4 Å². The molecule has 0 aromatic heterocycles. The number of methoxy groups -OCH3 is 1. The molecule has 200 valence electrons. The van der Waals surface area contributed by atoms with Crippen molar-refractivity contribution in [2.75, 3.05) is 20.2 Å². The van der Waals surface area contributed by atoms with Crippen molar-refractivity contribution in [3.05, 3.63) is 95.6 Å². The molecule has 3 aromatic rings. The molecule has 1 aliphatic heterocycles. The first kappa shape index (κ1) is 26.3. The van der Waals surface area contributed by atoms with Crippen molar-refractivity contribution in [3.8, 4) is 11.5 Å². The fourth-order valence-electron chi connectivity index (χ4n) is 6.23. The highest BCUT2D eigenvalue weighted by Crippen LogP contribution is 2.47. The minimum atomic E-state index is -0.182. The molecule has 38 heavy (non-hydrogen) atoms. The van der Waals surface area contributed by atoms with Crippen molar-refractivity contribution in [1.29, 1.82) is 0 Å². The van der Waals surface area contributed by atoms with Crippen LogP contribution in [0.5, 0.6) is 11.5 Å². The molecule has 5 nitrogen and oxygen atoms in total. The van der Waals surface area contributed by atoms with Gasteiger partial charge >= 0.3 is 0 Å². The van der Waals surface area contributed by atoms with Gasteiger partial charge in [-0.05, 0) is 68.0 Å². The predicted molar refractivity (Wildman–Crippen MR) is 152 cm³/mol. The molecule has 3 atom stereocenters. The number of carbonyl (C=O) groups excluding carboxylic acids is 1. The number of benzene rings is 3. The van der Waals surface area contributed by atoms with Gasteiger partial charge in [-0.25, -0.2) is 0 Å². The van der Waals surface area contributed by atoms with E-state index in [2.05, 4.69) is 66.5 Å². The topological polar surface area (TPSA) is 50.8 Å². The molecule has 1 unspecified atom stereocenters. The van der Waals surface area contributed by atoms with Gasteiger partial charge in [0.15, 0.2) is 11.5 Å². The van der Waals surface area contributed by atoms with Crippen LogP contribution in [0.3, 0.4) is 0 Å². The Labute approximate surface area is 227 Å². The summed E-state index contributed by atoms with van der Waals surface area (Å²) in [6.07, 6.45) is 4.90. The highest BCUT2D eigenvalue weighted by molar-refractivity contribution is 5.94. The van der Waals surface area contributed by atoms with Crippen LogP contribution in [0.25, 0.3) is 0 Å². The first-order valence-electron chi connectivity index (χ1n) is 13.9. The van der Waals surface area contributed by atoms with Gasteiger partial charge < -0.3 is 14.8 Å². The summed E-state index contributed by atoms with van der Waals surface area (Å²) in [5, 5.41) is 3.34. The van der Waals surface area contributed by atoms with Gasteiger partial charge in [0, 0.05) is 42.6 Å². The third-order valence-corrected chi connectivity index (χ3v) is 8.61. The Balaban J connectivity index is 1.44. The zero-order valence-electron chi connectivity index (χ0n) is 22.9. The smallest absolute Gasteiger partial charge is 0.251 e. The molecule has 1 saturated carbocycles. The van der Waals surface area contributed by atoms with E-state index in [1.165, 1.54) is 24.0 Å². The molecule has 1 amide bonds. The van der Waals surface area contributed by atoms with E-state index in [1.807, 2.05) is 36.4 Å². The Morgan fingerprint density at radius 1 is 1.00 bits per heavy atom. The summed E-state index contributed by atoms with van der Waals surface area (Å²) < 4.78 is 12.1. The number of hydrogen-bond acceptors (Lipinski definition) is 4. The van der Waals surface area contributed by atoms with E-state index in [0.29, 0.717) is 5.56 Å². The van der Waals surface area contributed by atoms with Crippen molar-refractivity contribution >= 4 is 5.91 Å². The van der Waals surface area contributed by atoms with Crippen molar-refractivity contribution in [3.63, 3.8) is 0 Å². The number of likely N-dealkylation sites (tertiary alicyclic amines) is 1. The van der Waals surface area contributed by atoms with Crippen LogP contribution < -0.4 is 14.8 Å². The second-order valence-electron chi connectivity index (χ2n) is 11.2. The normalized spacial score (nSPS) is 22.8. The molecular weight excluding hydrogens is 472 g/mol. The lowest BCUT2D eigenvalue weighted by Crippen LogP contribution is -2.48. The Bertz CT molecular complexity index is 1210. The molecule has 1 N–H and O–H groups in total. The second kappa shape index (κ2) is 11.6. The van der Waals surface area contributed by atoms with E-state index >= 15 is 0 Å². The molecule has 2 fully saturated rings. The summed E-state index contributed by atoms with van der Waals surface area (Å²) in [6, 6.07) is 26.5. The summed E-state index contributed by atoms with van der Waals surface area (Å²) in [5.74, 6) is 1.81. The maximum Gasteiger partial charge on any atom is 0.251 e. The van der Waals surface area contributed by atoms with Crippen LogP contribution in [0.1, 0.15) is 66.9 Å². The molecule has 2 aliphatic rings. The van der Waals surface area contributed by atoms with Crippen molar-refractivity contribution in [2.45, 2.75) is 64.1 Å². The summed E-state index contributed by atoms with van der Waals surface area (Å²) in [6.45, 7) is 7.15. The van der Waals surface area contributed by atoms with Crippen LogP contribution in [0.15, 0.2) is 78.9 Å². The monoisotopic (exact) mass is 512 g/mol. The van der Waals surface area contributed by atoms with Crippen LogP contribution in [0.4, 0.5) is 0 Å². The zero-order valence-corrected chi connectivity index (χ0v) is 22.9. The third kappa shape index (κ3) is 5.73. The first-order valence-corrected chi connectivity index (χ1v) is 13.9. The van der Waals surface area contributed by atoms with Gasteiger partial charge in [-0.1, -0.05) is 61.5 Å². The molecule has 3 aromatic carbocycles. The molecular formula is C33H40N2O3. The molecule has 0 bridgehead atoms. The molecule has 5 rings (SSSR count). The summed E-state index contributed by atoms with van der Waals surface area (Å²) in [7, 11) is 1.71. The minimum absolute atomic E-state index is 0.0282. The number of carbonyl (C=O) groups is 1. The molecule has 0 spiro atoms. The average Bonchev–Trinajstić information content (AvgIpc) is 3.57. The largest absolute Gasteiger partial charge is 0.493 e. The lowest BCUT2D eigenvalue weighted by Gasteiger charge is -2.38. The lowest BCUT2D eigenvalue weighted by atomic mass is 9.71. The molecule has 0 radical (unpaired) electrons. The molecule has 5 heteroatoms. The maximum absolute atomic E-state index is 13.1. The van der Waals surface area contributed by atoms with E-state index < -0.39 is 0 Å². The number of nitrogens with zero attached hydrogens (tertiary/aromatic N) is 1. The number of amides is 1. The number of hydrogen-bond donors (Lipinski definition) is 1. The van der Waals surface area contributed by atoms with Crippen LogP contribution in [0.2, 0.25) is 0 Å².